The molecule has 3 nitrogen and oxygen atoms in total. The van der Waals surface area contributed by atoms with Crippen molar-refractivity contribution in [2.75, 3.05) is 6.54 Å². The molecule has 1 aromatic rings. The molecule has 0 spiro atoms. The molecule has 2 amide bonds. The van der Waals surface area contributed by atoms with Gasteiger partial charge in [0.1, 0.15) is 5.67 Å². The van der Waals surface area contributed by atoms with Gasteiger partial charge in [-0.1, -0.05) is 12.1 Å². The van der Waals surface area contributed by atoms with E-state index in [-0.39, 0.29) is 18.4 Å². The number of hydrogen-bond donors (Lipinski definition) is 0. The number of rotatable bonds is 2. The minimum atomic E-state index is -1.35. The van der Waals surface area contributed by atoms with E-state index in [1.807, 2.05) is 0 Å². The number of hydrogen-bond acceptors (Lipinski definition) is 2. The average molecular weight is 233 g/mol. The first-order valence-corrected chi connectivity index (χ1v) is 5.75. The number of fused-ring (bicyclic) bond motifs is 1. The van der Waals surface area contributed by atoms with Crippen LogP contribution in [-0.4, -0.2) is 28.9 Å². The normalized spacial score (nSPS) is 21.4. The van der Waals surface area contributed by atoms with Crippen molar-refractivity contribution in [3.63, 3.8) is 0 Å². The molecule has 0 N–H and O–H groups in total. The first kappa shape index (κ1) is 10.4. The van der Waals surface area contributed by atoms with Crippen molar-refractivity contribution in [1.29, 1.82) is 0 Å². The summed E-state index contributed by atoms with van der Waals surface area (Å²) in [6.07, 6.45) is 1.72. The number of alkyl halides is 1. The highest BCUT2D eigenvalue weighted by atomic mass is 19.1. The lowest BCUT2D eigenvalue weighted by Gasteiger charge is -2.36. The van der Waals surface area contributed by atoms with Crippen LogP contribution in [0, 0.1) is 0 Å². The van der Waals surface area contributed by atoms with Crippen LogP contribution in [0.15, 0.2) is 24.3 Å². The van der Waals surface area contributed by atoms with E-state index in [2.05, 4.69) is 0 Å². The highest BCUT2D eigenvalue weighted by Gasteiger charge is 2.44. The van der Waals surface area contributed by atoms with E-state index in [1.54, 1.807) is 24.3 Å². The molecule has 1 aliphatic heterocycles. The van der Waals surface area contributed by atoms with Gasteiger partial charge in [-0.2, -0.15) is 0 Å². The van der Waals surface area contributed by atoms with Crippen molar-refractivity contribution >= 4 is 11.8 Å². The number of halogens is 1. The van der Waals surface area contributed by atoms with E-state index >= 15 is 0 Å². The molecule has 0 bridgehead atoms. The summed E-state index contributed by atoms with van der Waals surface area (Å²) in [4.78, 5) is 25.0. The third-order valence-corrected chi connectivity index (χ3v) is 3.57. The Balaban J connectivity index is 1.90. The molecular weight excluding hydrogens is 221 g/mol. The summed E-state index contributed by atoms with van der Waals surface area (Å²) in [5, 5.41) is 0. The zero-order chi connectivity index (χ0) is 12.0. The van der Waals surface area contributed by atoms with Gasteiger partial charge >= 0.3 is 0 Å². The molecule has 3 rings (SSSR count). The van der Waals surface area contributed by atoms with Gasteiger partial charge in [-0.05, 0) is 31.4 Å². The van der Waals surface area contributed by atoms with Gasteiger partial charge in [0.05, 0.1) is 17.7 Å². The second-order valence-corrected chi connectivity index (χ2v) is 4.75. The molecule has 1 saturated carbocycles. The third kappa shape index (κ3) is 1.47. The van der Waals surface area contributed by atoms with Crippen LogP contribution in [0.3, 0.4) is 0 Å². The Morgan fingerprint density at radius 2 is 1.65 bits per heavy atom. The number of nitrogens with zero attached hydrogens (tertiary/aromatic N) is 1. The lowest BCUT2D eigenvalue weighted by Crippen LogP contribution is -2.46. The summed E-state index contributed by atoms with van der Waals surface area (Å²) in [5.74, 6) is -0.732. The molecule has 17 heavy (non-hydrogen) atoms. The second-order valence-electron chi connectivity index (χ2n) is 4.75. The van der Waals surface area contributed by atoms with Crippen LogP contribution < -0.4 is 0 Å². The molecule has 1 aromatic carbocycles. The van der Waals surface area contributed by atoms with Gasteiger partial charge < -0.3 is 0 Å². The van der Waals surface area contributed by atoms with Crippen LogP contribution in [0.4, 0.5) is 4.39 Å². The van der Waals surface area contributed by atoms with Crippen molar-refractivity contribution in [1.82, 2.24) is 4.90 Å². The number of amides is 2. The molecule has 1 fully saturated rings. The summed E-state index contributed by atoms with van der Waals surface area (Å²) >= 11 is 0. The molecular formula is C13H12FNO2. The Bertz CT molecular complexity index is 473. The van der Waals surface area contributed by atoms with E-state index in [9.17, 15) is 14.0 Å². The maximum absolute atomic E-state index is 14.0. The molecule has 1 heterocycles. The monoisotopic (exact) mass is 233 g/mol. The minimum Gasteiger partial charge on any atom is -0.271 e. The van der Waals surface area contributed by atoms with E-state index in [0.29, 0.717) is 24.0 Å². The van der Waals surface area contributed by atoms with Crippen LogP contribution in [0.1, 0.15) is 40.0 Å². The van der Waals surface area contributed by atoms with Gasteiger partial charge in [-0.15, -0.1) is 0 Å². The predicted molar refractivity (Wildman–Crippen MR) is 59.5 cm³/mol. The van der Waals surface area contributed by atoms with Crippen LogP contribution in [0.2, 0.25) is 0 Å². The predicted octanol–water partition coefficient (Wildman–Crippen LogP) is 2.17. The van der Waals surface area contributed by atoms with Crippen LogP contribution in [0.5, 0.6) is 0 Å². The Morgan fingerprint density at radius 1 is 1.12 bits per heavy atom. The van der Waals surface area contributed by atoms with Crippen molar-refractivity contribution in [3.05, 3.63) is 35.4 Å². The van der Waals surface area contributed by atoms with Gasteiger partial charge in [0.15, 0.2) is 0 Å². The number of imide groups is 1. The number of carbonyl (C=O) groups excluding carboxylic acids is 2. The first-order chi connectivity index (χ1) is 8.11. The molecule has 0 aromatic heterocycles. The molecule has 2 aliphatic rings. The Hall–Kier alpha value is -1.71. The largest absolute Gasteiger partial charge is 0.271 e. The fourth-order valence-electron chi connectivity index (χ4n) is 2.38. The topological polar surface area (TPSA) is 37.4 Å². The van der Waals surface area contributed by atoms with Crippen molar-refractivity contribution in [3.8, 4) is 0 Å². The fraction of sp³-hybridized carbons (Fsp3) is 0.385. The van der Waals surface area contributed by atoms with Crippen LogP contribution in [0.25, 0.3) is 0 Å². The molecule has 0 saturated heterocycles. The molecule has 0 radical (unpaired) electrons. The summed E-state index contributed by atoms with van der Waals surface area (Å²) in [6.45, 7) is -0.0979. The summed E-state index contributed by atoms with van der Waals surface area (Å²) in [6, 6.07) is 6.65. The van der Waals surface area contributed by atoms with E-state index in [0.717, 1.165) is 11.3 Å². The van der Waals surface area contributed by atoms with Gasteiger partial charge in [0.2, 0.25) is 0 Å². The van der Waals surface area contributed by atoms with E-state index in [4.69, 9.17) is 0 Å². The van der Waals surface area contributed by atoms with Crippen molar-refractivity contribution in [2.45, 2.75) is 24.9 Å². The lowest BCUT2D eigenvalue weighted by molar-refractivity contribution is 0.0205. The van der Waals surface area contributed by atoms with Gasteiger partial charge in [-0.25, -0.2) is 4.39 Å². The first-order valence-electron chi connectivity index (χ1n) is 5.75. The maximum atomic E-state index is 14.0. The highest BCUT2D eigenvalue weighted by molar-refractivity contribution is 6.21. The van der Waals surface area contributed by atoms with E-state index < -0.39 is 5.67 Å². The zero-order valence-electron chi connectivity index (χ0n) is 9.28. The van der Waals surface area contributed by atoms with E-state index in [1.165, 1.54) is 0 Å². The third-order valence-electron chi connectivity index (χ3n) is 3.57. The lowest BCUT2D eigenvalue weighted by atomic mass is 9.81. The molecule has 4 heteroatoms. The number of carbonyl (C=O) groups is 2. The van der Waals surface area contributed by atoms with Gasteiger partial charge in [-0.3, -0.25) is 14.5 Å². The molecule has 0 atom stereocenters. The zero-order valence-corrected chi connectivity index (χ0v) is 9.28. The molecule has 1 aliphatic carbocycles. The molecule has 88 valence electrons. The van der Waals surface area contributed by atoms with Gasteiger partial charge in [0.25, 0.3) is 11.8 Å². The standard InChI is InChI=1S/C13H12FNO2/c14-13(6-3-7-13)8-15-11(16)9-4-1-2-5-10(9)12(15)17/h1-2,4-5H,3,6-8H2. The summed E-state index contributed by atoms with van der Waals surface area (Å²) in [7, 11) is 0. The second kappa shape index (κ2) is 3.39. The summed E-state index contributed by atoms with van der Waals surface area (Å²) < 4.78 is 14.0. The van der Waals surface area contributed by atoms with Crippen LogP contribution in [-0.2, 0) is 0 Å². The molecule has 0 unspecified atom stereocenters. The SMILES string of the molecule is O=C1c2ccccc2C(=O)N1CC1(F)CCC1. The minimum absolute atomic E-state index is 0.0979. The Kier molecular flexibility index (Phi) is 2.08. The van der Waals surface area contributed by atoms with Gasteiger partial charge in [0, 0.05) is 0 Å². The summed E-state index contributed by atoms with van der Waals surface area (Å²) in [5.41, 5.74) is -0.575. The highest BCUT2D eigenvalue weighted by Crippen LogP contribution is 2.38. The number of benzene rings is 1. The van der Waals surface area contributed by atoms with Crippen molar-refractivity contribution in [2.24, 2.45) is 0 Å². The smallest absolute Gasteiger partial charge is 0.261 e. The average Bonchev–Trinajstić information content (AvgIpc) is 2.53. The Morgan fingerprint density at radius 3 is 2.06 bits per heavy atom. The maximum Gasteiger partial charge on any atom is 0.261 e. The van der Waals surface area contributed by atoms with Crippen molar-refractivity contribution < 1.29 is 14.0 Å². The quantitative estimate of drug-likeness (QED) is 0.734. The fourth-order valence-corrected chi connectivity index (χ4v) is 2.38. The Labute approximate surface area is 98.2 Å². The van der Waals surface area contributed by atoms with Crippen LogP contribution >= 0.6 is 0 Å².